The lowest BCUT2D eigenvalue weighted by atomic mass is 10.0. The molecule has 3 heteroatoms. The number of rotatable bonds is 4. The highest BCUT2D eigenvalue weighted by Gasteiger charge is 2.21. The van der Waals surface area contributed by atoms with Crippen LogP contribution < -0.4 is 5.73 Å². The molecule has 1 aliphatic rings. The van der Waals surface area contributed by atoms with Crippen molar-refractivity contribution in [2.75, 3.05) is 39.8 Å². The number of likely N-dealkylation sites (N-methyl/N-ethyl adjacent to an activating group) is 1. The van der Waals surface area contributed by atoms with Gasteiger partial charge in [-0.05, 0) is 38.5 Å². The molecule has 1 aromatic carbocycles. The molecule has 1 unspecified atom stereocenters. The van der Waals surface area contributed by atoms with Crippen LogP contribution in [0.1, 0.15) is 24.4 Å². The van der Waals surface area contributed by atoms with Crippen LogP contribution in [0, 0.1) is 0 Å². The summed E-state index contributed by atoms with van der Waals surface area (Å²) in [7, 11) is 2.21. The fourth-order valence-electron chi connectivity index (χ4n) is 2.77. The Morgan fingerprint density at radius 1 is 1.11 bits per heavy atom. The Balaban J connectivity index is 2.09. The van der Waals surface area contributed by atoms with Gasteiger partial charge in [-0.1, -0.05) is 30.3 Å². The topological polar surface area (TPSA) is 32.5 Å². The number of hydrogen-bond acceptors (Lipinski definition) is 3. The van der Waals surface area contributed by atoms with Crippen molar-refractivity contribution in [2.24, 2.45) is 5.73 Å². The molecule has 1 aliphatic heterocycles. The molecule has 3 nitrogen and oxygen atoms in total. The van der Waals surface area contributed by atoms with Gasteiger partial charge in [0, 0.05) is 25.7 Å². The molecular formula is C15H25N3. The van der Waals surface area contributed by atoms with Crippen molar-refractivity contribution in [1.82, 2.24) is 9.80 Å². The molecule has 1 heterocycles. The second kappa shape index (κ2) is 6.88. The minimum absolute atomic E-state index is 0.489. The van der Waals surface area contributed by atoms with Crippen LogP contribution in [0.2, 0.25) is 0 Å². The lowest BCUT2D eigenvalue weighted by Gasteiger charge is -2.30. The number of hydrogen-bond donors (Lipinski definition) is 1. The normalized spacial score (nSPS) is 20.6. The van der Waals surface area contributed by atoms with E-state index in [2.05, 4.69) is 47.2 Å². The van der Waals surface area contributed by atoms with Gasteiger partial charge in [0.25, 0.3) is 0 Å². The third kappa shape index (κ3) is 3.55. The van der Waals surface area contributed by atoms with E-state index in [1.807, 2.05) is 0 Å². The van der Waals surface area contributed by atoms with E-state index in [0.717, 1.165) is 26.1 Å². The molecule has 100 valence electrons. The molecular weight excluding hydrogens is 222 g/mol. The van der Waals surface area contributed by atoms with Gasteiger partial charge in [0.2, 0.25) is 0 Å². The second-order valence-electron chi connectivity index (χ2n) is 5.20. The van der Waals surface area contributed by atoms with E-state index in [1.54, 1.807) is 0 Å². The molecule has 18 heavy (non-hydrogen) atoms. The average molecular weight is 247 g/mol. The first-order chi connectivity index (χ1) is 8.81. The van der Waals surface area contributed by atoms with Gasteiger partial charge in [0.1, 0.15) is 0 Å². The second-order valence-corrected chi connectivity index (χ2v) is 5.20. The Kier molecular flexibility index (Phi) is 5.17. The molecule has 0 saturated carbocycles. The van der Waals surface area contributed by atoms with Crippen LogP contribution in [0.25, 0.3) is 0 Å². The van der Waals surface area contributed by atoms with Crippen LogP contribution in [0.15, 0.2) is 30.3 Å². The quantitative estimate of drug-likeness (QED) is 0.879. The maximum Gasteiger partial charge on any atom is 0.0360 e. The van der Waals surface area contributed by atoms with Gasteiger partial charge in [0.15, 0.2) is 0 Å². The molecule has 1 aromatic rings. The molecule has 0 aliphatic carbocycles. The fourth-order valence-corrected chi connectivity index (χ4v) is 2.77. The van der Waals surface area contributed by atoms with Crippen LogP contribution in [-0.4, -0.2) is 49.6 Å². The summed E-state index contributed by atoms with van der Waals surface area (Å²) in [6.07, 6.45) is 2.30. The molecule has 1 fully saturated rings. The Morgan fingerprint density at radius 2 is 1.89 bits per heavy atom. The highest BCUT2D eigenvalue weighted by atomic mass is 15.2. The molecule has 0 radical (unpaired) electrons. The summed E-state index contributed by atoms with van der Waals surface area (Å²) in [4.78, 5) is 5.02. The number of nitrogens with zero attached hydrogens (tertiary/aromatic N) is 2. The van der Waals surface area contributed by atoms with Crippen molar-refractivity contribution in [3.8, 4) is 0 Å². The minimum Gasteiger partial charge on any atom is -0.330 e. The van der Waals surface area contributed by atoms with Crippen molar-refractivity contribution >= 4 is 0 Å². The van der Waals surface area contributed by atoms with E-state index in [1.165, 1.54) is 25.1 Å². The van der Waals surface area contributed by atoms with Crippen LogP contribution in [-0.2, 0) is 0 Å². The monoisotopic (exact) mass is 247 g/mol. The maximum absolute atomic E-state index is 5.80. The number of benzene rings is 1. The summed E-state index contributed by atoms with van der Waals surface area (Å²) in [6.45, 7) is 5.46. The predicted molar refractivity (Wildman–Crippen MR) is 76.5 cm³/mol. The minimum atomic E-state index is 0.489. The van der Waals surface area contributed by atoms with Gasteiger partial charge in [-0.2, -0.15) is 0 Å². The maximum atomic E-state index is 5.80. The third-order valence-electron chi connectivity index (χ3n) is 3.82. The van der Waals surface area contributed by atoms with Crippen molar-refractivity contribution in [2.45, 2.75) is 18.9 Å². The summed E-state index contributed by atoms with van der Waals surface area (Å²) in [5, 5.41) is 0. The highest BCUT2D eigenvalue weighted by Crippen LogP contribution is 2.24. The van der Waals surface area contributed by atoms with Gasteiger partial charge in [0.05, 0.1) is 0 Å². The zero-order chi connectivity index (χ0) is 12.8. The van der Waals surface area contributed by atoms with E-state index >= 15 is 0 Å². The van der Waals surface area contributed by atoms with Gasteiger partial charge in [-0.25, -0.2) is 0 Å². The van der Waals surface area contributed by atoms with Gasteiger partial charge >= 0.3 is 0 Å². The molecule has 0 bridgehead atoms. The lowest BCUT2D eigenvalue weighted by Crippen LogP contribution is -2.33. The van der Waals surface area contributed by atoms with Crippen molar-refractivity contribution in [1.29, 1.82) is 0 Å². The van der Waals surface area contributed by atoms with E-state index in [-0.39, 0.29) is 0 Å². The van der Waals surface area contributed by atoms with Crippen LogP contribution >= 0.6 is 0 Å². The molecule has 1 saturated heterocycles. The van der Waals surface area contributed by atoms with Gasteiger partial charge < -0.3 is 10.6 Å². The Morgan fingerprint density at radius 3 is 2.61 bits per heavy atom. The van der Waals surface area contributed by atoms with Crippen LogP contribution in [0.4, 0.5) is 0 Å². The van der Waals surface area contributed by atoms with Gasteiger partial charge in [-0.15, -0.1) is 0 Å². The fraction of sp³-hybridized carbons (Fsp3) is 0.600. The molecule has 0 aromatic heterocycles. The van der Waals surface area contributed by atoms with E-state index < -0.39 is 0 Å². The Bertz CT molecular complexity index is 339. The molecule has 2 rings (SSSR count). The van der Waals surface area contributed by atoms with E-state index in [4.69, 9.17) is 5.73 Å². The highest BCUT2D eigenvalue weighted by molar-refractivity contribution is 5.19. The summed E-state index contributed by atoms with van der Waals surface area (Å²) in [6, 6.07) is 11.3. The SMILES string of the molecule is CN1CCCN(C(CCN)c2ccccc2)CC1. The lowest BCUT2D eigenvalue weighted by molar-refractivity contribution is 0.196. The smallest absolute Gasteiger partial charge is 0.0360 e. The third-order valence-corrected chi connectivity index (χ3v) is 3.82. The summed E-state index contributed by atoms with van der Waals surface area (Å²) >= 11 is 0. The van der Waals surface area contributed by atoms with E-state index in [9.17, 15) is 0 Å². The average Bonchev–Trinajstić information content (AvgIpc) is 2.62. The van der Waals surface area contributed by atoms with Crippen molar-refractivity contribution in [3.05, 3.63) is 35.9 Å². The number of nitrogens with two attached hydrogens (primary N) is 1. The first-order valence-corrected chi connectivity index (χ1v) is 6.99. The zero-order valence-electron chi connectivity index (χ0n) is 11.4. The predicted octanol–water partition coefficient (Wildman–Crippen LogP) is 1.71. The molecule has 1 atom stereocenters. The largest absolute Gasteiger partial charge is 0.330 e. The summed E-state index contributed by atoms with van der Waals surface area (Å²) < 4.78 is 0. The van der Waals surface area contributed by atoms with Crippen LogP contribution in [0.5, 0.6) is 0 Å². The van der Waals surface area contributed by atoms with Gasteiger partial charge in [-0.3, -0.25) is 4.90 Å². The van der Waals surface area contributed by atoms with Crippen LogP contribution in [0.3, 0.4) is 0 Å². The summed E-state index contributed by atoms with van der Waals surface area (Å²) in [5.74, 6) is 0. The zero-order valence-corrected chi connectivity index (χ0v) is 11.4. The van der Waals surface area contributed by atoms with Crippen molar-refractivity contribution < 1.29 is 0 Å². The molecule has 0 spiro atoms. The first-order valence-electron chi connectivity index (χ1n) is 6.99. The molecule has 2 N–H and O–H groups in total. The first kappa shape index (κ1) is 13.5. The Labute approximate surface area is 111 Å². The van der Waals surface area contributed by atoms with Crippen molar-refractivity contribution in [3.63, 3.8) is 0 Å². The Hall–Kier alpha value is -0.900. The molecule has 0 amide bonds. The summed E-state index contributed by atoms with van der Waals surface area (Å²) in [5.41, 5.74) is 7.21. The standard InChI is InChI=1S/C15H25N3/c1-17-10-5-11-18(13-12-17)15(8-9-16)14-6-3-2-4-7-14/h2-4,6-7,15H,5,8-13,16H2,1H3. The van der Waals surface area contributed by atoms with E-state index in [0.29, 0.717) is 6.04 Å².